The van der Waals surface area contributed by atoms with Gasteiger partial charge in [-0.25, -0.2) is 9.78 Å². The monoisotopic (exact) mass is 485 g/mol. The molecule has 0 spiro atoms. The van der Waals surface area contributed by atoms with Gasteiger partial charge in [-0.15, -0.1) is 0 Å². The predicted molar refractivity (Wildman–Crippen MR) is 140 cm³/mol. The van der Waals surface area contributed by atoms with Gasteiger partial charge in [0.1, 0.15) is 22.9 Å². The number of piperidine rings is 1. The van der Waals surface area contributed by atoms with Crippen LogP contribution in [-0.2, 0) is 4.74 Å². The zero-order valence-corrected chi connectivity index (χ0v) is 20.8. The van der Waals surface area contributed by atoms with Gasteiger partial charge >= 0.3 is 6.09 Å². The smallest absolute Gasteiger partial charge is 0.410 e. The Labute approximate surface area is 210 Å². The molecule has 1 N–H and O–H groups in total. The van der Waals surface area contributed by atoms with Gasteiger partial charge in [0.15, 0.2) is 0 Å². The van der Waals surface area contributed by atoms with Gasteiger partial charge in [0.05, 0.1) is 23.1 Å². The van der Waals surface area contributed by atoms with Crippen LogP contribution in [0, 0.1) is 0 Å². The molecule has 36 heavy (non-hydrogen) atoms. The Bertz CT molecular complexity index is 1330. The van der Waals surface area contributed by atoms with E-state index in [4.69, 9.17) is 9.47 Å². The Balaban J connectivity index is 1.31. The SMILES string of the molecule is CC(C)(C)OC(=O)N1CCC[C@@H](n2ncc3c(Nc4ccc(Oc5ccccc5)cc4)nccc32)C1. The first-order valence-electron chi connectivity index (χ1n) is 12.3. The van der Waals surface area contributed by atoms with Gasteiger partial charge in [0, 0.05) is 25.0 Å². The fourth-order valence-corrected chi connectivity index (χ4v) is 4.38. The Morgan fingerprint density at radius 1 is 1.03 bits per heavy atom. The van der Waals surface area contributed by atoms with E-state index in [-0.39, 0.29) is 12.1 Å². The molecule has 1 aliphatic rings. The summed E-state index contributed by atoms with van der Waals surface area (Å²) in [5.74, 6) is 2.29. The molecule has 0 saturated carbocycles. The normalized spacial score (nSPS) is 16.1. The number of hydrogen-bond donors (Lipinski definition) is 1. The summed E-state index contributed by atoms with van der Waals surface area (Å²) in [6.07, 6.45) is 5.20. The lowest BCUT2D eigenvalue weighted by Gasteiger charge is -2.34. The molecule has 0 bridgehead atoms. The van der Waals surface area contributed by atoms with Crippen molar-refractivity contribution in [3.63, 3.8) is 0 Å². The van der Waals surface area contributed by atoms with Crippen molar-refractivity contribution in [1.82, 2.24) is 19.7 Å². The van der Waals surface area contributed by atoms with E-state index in [1.165, 1.54) is 0 Å². The number of likely N-dealkylation sites (tertiary alicyclic amines) is 1. The second-order valence-corrected chi connectivity index (χ2v) is 9.97. The third-order valence-corrected chi connectivity index (χ3v) is 6.02. The van der Waals surface area contributed by atoms with E-state index in [0.717, 1.165) is 46.7 Å². The van der Waals surface area contributed by atoms with Crippen LogP contribution in [-0.4, -0.2) is 44.4 Å². The lowest BCUT2D eigenvalue weighted by atomic mass is 10.1. The van der Waals surface area contributed by atoms with Crippen molar-refractivity contribution in [3.05, 3.63) is 73.1 Å². The number of fused-ring (bicyclic) bond motifs is 1. The van der Waals surface area contributed by atoms with E-state index in [1.807, 2.05) is 92.3 Å². The lowest BCUT2D eigenvalue weighted by Crippen LogP contribution is -2.43. The van der Waals surface area contributed by atoms with E-state index in [1.54, 1.807) is 11.1 Å². The van der Waals surface area contributed by atoms with Gasteiger partial charge in [0.2, 0.25) is 0 Å². The summed E-state index contributed by atoms with van der Waals surface area (Å²) in [6, 6.07) is 19.5. The molecule has 0 radical (unpaired) electrons. The quantitative estimate of drug-likeness (QED) is 0.346. The Kier molecular flexibility index (Phi) is 6.50. The van der Waals surface area contributed by atoms with Gasteiger partial charge in [0.25, 0.3) is 0 Å². The summed E-state index contributed by atoms with van der Waals surface area (Å²) in [7, 11) is 0. The summed E-state index contributed by atoms with van der Waals surface area (Å²) in [6.45, 7) is 6.93. The van der Waals surface area contributed by atoms with Gasteiger partial charge in [-0.2, -0.15) is 5.10 Å². The van der Waals surface area contributed by atoms with Crippen molar-refractivity contribution >= 4 is 28.5 Å². The van der Waals surface area contributed by atoms with Gasteiger partial charge in [-0.3, -0.25) is 4.68 Å². The van der Waals surface area contributed by atoms with E-state index >= 15 is 0 Å². The highest BCUT2D eigenvalue weighted by atomic mass is 16.6. The molecule has 0 unspecified atom stereocenters. The Morgan fingerprint density at radius 2 is 1.78 bits per heavy atom. The number of carbonyl (C=O) groups is 1. The fourth-order valence-electron chi connectivity index (χ4n) is 4.38. The van der Waals surface area contributed by atoms with Crippen molar-refractivity contribution < 1.29 is 14.3 Å². The molecule has 1 atom stereocenters. The summed E-state index contributed by atoms with van der Waals surface area (Å²) >= 11 is 0. The number of hydrogen-bond acceptors (Lipinski definition) is 6. The number of pyridine rings is 1. The molecular weight excluding hydrogens is 454 g/mol. The van der Waals surface area contributed by atoms with Crippen LogP contribution in [0.15, 0.2) is 73.1 Å². The first kappa shape index (κ1) is 23.7. The first-order chi connectivity index (χ1) is 17.4. The highest BCUT2D eigenvalue weighted by Crippen LogP contribution is 2.30. The van der Waals surface area contributed by atoms with Crippen molar-refractivity contribution in [2.24, 2.45) is 0 Å². The zero-order chi connectivity index (χ0) is 25.1. The molecule has 4 aromatic rings. The largest absolute Gasteiger partial charge is 0.457 e. The maximum absolute atomic E-state index is 12.6. The highest BCUT2D eigenvalue weighted by molar-refractivity contribution is 5.90. The third-order valence-electron chi connectivity index (χ3n) is 6.02. The average molecular weight is 486 g/mol. The van der Waals surface area contributed by atoms with E-state index < -0.39 is 5.60 Å². The highest BCUT2D eigenvalue weighted by Gasteiger charge is 2.29. The van der Waals surface area contributed by atoms with Crippen molar-refractivity contribution in [2.75, 3.05) is 18.4 Å². The van der Waals surface area contributed by atoms with Crippen LogP contribution in [0.25, 0.3) is 10.9 Å². The van der Waals surface area contributed by atoms with Gasteiger partial charge in [-0.05, 0) is 76.1 Å². The molecule has 186 valence electrons. The minimum atomic E-state index is -0.513. The lowest BCUT2D eigenvalue weighted by molar-refractivity contribution is 0.0169. The fraction of sp³-hybridized carbons (Fsp3) is 0.321. The van der Waals surface area contributed by atoms with Crippen molar-refractivity contribution in [3.8, 4) is 11.5 Å². The molecule has 1 fully saturated rings. The van der Waals surface area contributed by atoms with Crippen molar-refractivity contribution in [1.29, 1.82) is 0 Å². The number of nitrogens with one attached hydrogen (secondary N) is 1. The van der Waals surface area contributed by atoms with Crippen molar-refractivity contribution in [2.45, 2.75) is 45.3 Å². The topological polar surface area (TPSA) is 81.5 Å². The molecule has 5 rings (SSSR count). The van der Waals surface area contributed by atoms with Crippen LogP contribution < -0.4 is 10.1 Å². The predicted octanol–water partition coefficient (Wildman–Crippen LogP) is 6.54. The number of benzene rings is 2. The summed E-state index contributed by atoms with van der Waals surface area (Å²) < 4.78 is 13.5. The number of amides is 1. The second kappa shape index (κ2) is 9.89. The van der Waals surface area contributed by atoms with E-state index in [2.05, 4.69) is 15.4 Å². The number of anilines is 2. The van der Waals surface area contributed by atoms with Gasteiger partial charge < -0.3 is 19.7 Å². The summed E-state index contributed by atoms with van der Waals surface area (Å²) in [5, 5.41) is 9.02. The molecule has 0 aliphatic carbocycles. The second-order valence-electron chi connectivity index (χ2n) is 9.97. The van der Waals surface area contributed by atoms with Gasteiger partial charge in [-0.1, -0.05) is 18.2 Å². The van der Waals surface area contributed by atoms with Crippen LogP contribution >= 0.6 is 0 Å². The standard InChI is InChI=1S/C28H31N5O3/c1-28(2,3)36-27(34)32-17-7-8-21(19-32)33-25-15-16-29-26(24(25)18-30-33)31-20-11-13-23(14-12-20)35-22-9-5-4-6-10-22/h4-6,9-16,18,21H,7-8,17,19H2,1-3H3,(H,29,31)/t21-/m1/s1. The van der Waals surface area contributed by atoms with Crippen LogP contribution in [0.1, 0.15) is 39.7 Å². The molecule has 8 nitrogen and oxygen atoms in total. The third kappa shape index (κ3) is 5.43. The molecular formula is C28H31N5O3. The van der Waals surface area contributed by atoms with Crippen LogP contribution in [0.2, 0.25) is 0 Å². The zero-order valence-electron chi connectivity index (χ0n) is 20.8. The molecule has 1 aliphatic heterocycles. The molecule has 3 heterocycles. The van der Waals surface area contributed by atoms with E-state index in [9.17, 15) is 4.79 Å². The van der Waals surface area contributed by atoms with Crippen LogP contribution in [0.5, 0.6) is 11.5 Å². The Hall–Kier alpha value is -4.07. The molecule has 2 aromatic carbocycles. The first-order valence-corrected chi connectivity index (χ1v) is 12.3. The minimum absolute atomic E-state index is 0.0773. The number of ether oxygens (including phenoxy) is 2. The van der Waals surface area contributed by atoms with Crippen LogP contribution in [0.3, 0.4) is 0 Å². The number of carbonyl (C=O) groups excluding carboxylic acids is 1. The minimum Gasteiger partial charge on any atom is -0.457 e. The summed E-state index contributed by atoms with van der Waals surface area (Å²) in [5.41, 5.74) is 1.37. The van der Waals surface area contributed by atoms with Crippen LogP contribution in [0.4, 0.5) is 16.3 Å². The molecule has 1 amide bonds. The maximum atomic E-state index is 12.6. The molecule has 8 heteroatoms. The number of rotatable bonds is 5. The summed E-state index contributed by atoms with van der Waals surface area (Å²) in [4.78, 5) is 19.0. The number of nitrogens with zero attached hydrogens (tertiary/aromatic N) is 4. The molecule has 2 aromatic heterocycles. The number of para-hydroxylation sites is 1. The average Bonchev–Trinajstić information content (AvgIpc) is 3.30. The maximum Gasteiger partial charge on any atom is 0.410 e. The van der Waals surface area contributed by atoms with E-state index in [0.29, 0.717) is 13.1 Å². The Morgan fingerprint density at radius 3 is 2.53 bits per heavy atom. The number of aromatic nitrogens is 3. The molecule has 1 saturated heterocycles.